The molecule has 1 aromatic carbocycles. The number of aryl methyl sites for hydroxylation is 1. The summed E-state index contributed by atoms with van der Waals surface area (Å²) in [6, 6.07) is 13.4. The Labute approximate surface area is 143 Å². The van der Waals surface area contributed by atoms with E-state index in [2.05, 4.69) is 10.3 Å². The zero-order valence-corrected chi connectivity index (χ0v) is 14.5. The maximum Gasteiger partial charge on any atom is 0.317 e. The fraction of sp³-hybridized carbons (Fsp3) is 0.368. The maximum absolute atomic E-state index is 12.2. The van der Waals surface area contributed by atoms with Crippen molar-refractivity contribution >= 4 is 6.03 Å². The molecule has 0 radical (unpaired) electrons. The van der Waals surface area contributed by atoms with Crippen LogP contribution in [0.15, 0.2) is 48.7 Å². The summed E-state index contributed by atoms with van der Waals surface area (Å²) in [5, 5.41) is 2.91. The Kier molecular flexibility index (Phi) is 6.61. The summed E-state index contributed by atoms with van der Waals surface area (Å²) in [5.41, 5.74) is 1.99. The summed E-state index contributed by atoms with van der Waals surface area (Å²) >= 11 is 0. The van der Waals surface area contributed by atoms with Crippen LogP contribution in [0.25, 0.3) is 0 Å². The van der Waals surface area contributed by atoms with Gasteiger partial charge in [-0.25, -0.2) is 4.79 Å². The van der Waals surface area contributed by atoms with Crippen molar-refractivity contribution in [3.63, 3.8) is 0 Å². The molecule has 0 aliphatic heterocycles. The highest BCUT2D eigenvalue weighted by Crippen LogP contribution is 2.16. The van der Waals surface area contributed by atoms with E-state index in [-0.39, 0.29) is 12.1 Å². The standard InChI is InChI=1S/C19H25N3O2/c1-15-9-4-5-11-18(15)24-14-8-13-21-19(23)22(3)16(2)17-10-6-7-12-20-17/h4-7,9-12,16H,8,13-14H2,1-3H3,(H,21,23)/t16-/m1/s1. The number of ether oxygens (including phenoxy) is 1. The smallest absolute Gasteiger partial charge is 0.317 e. The lowest BCUT2D eigenvalue weighted by atomic mass is 10.2. The Morgan fingerprint density at radius 3 is 2.71 bits per heavy atom. The molecule has 1 atom stereocenters. The van der Waals surface area contributed by atoms with Crippen LogP contribution in [0.5, 0.6) is 5.75 Å². The van der Waals surface area contributed by atoms with Gasteiger partial charge >= 0.3 is 6.03 Å². The van der Waals surface area contributed by atoms with Crippen LogP contribution in [0.1, 0.15) is 30.6 Å². The molecule has 0 bridgehead atoms. The van der Waals surface area contributed by atoms with E-state index in [1.807, 2.05) is 56.3 Å². The number of nitrogens with one attached hydrogen (secondary N) is 1. The van der Waals surface area contributed by atoms with Crippen LogP contribution in [-0.2, 0) is 0 Å². The fourth-order valence-electron chi connectivity index (χ4n) is 2.29. The molecule has 0 fully saturated rings. The van der Waals surface area contributed by atoms with Gasteiger partial charge < -0.3 is 15.0 Å². The second-order valence-corrected chi connectivity index (χ2v) is 5.74. The van der Waals surface area contributed by atoms with Crippen molar-refractivity contribution in [2.75, 3.05) is 20.2 Å². The quantitative estimate of drug-likeness (QED) is 0.791. The van der Waals surface area contributed by atoms with Gasteiger partial charge in [0, 0.05) is 19.8 Å². The van der Waals surface area contributed by atoms with Crippen LogP contribution < -0.4 is 10.1 Å². The number of hydrogen-bond donors (Lipinski definition) is 1. The molecule has 24 heavy (non-hydrogen) atoms. The molecule has 5 nitrogen and oxygen atoms in total. The molecule has 0 aliphatic rings. The minimum absolute atomic E-state index is 0.0746. The van der Waals surface area contributed by atoms with Crippen LogP contribution in [0.2, 0.25) is 0 Å². The van der Waals surface area contributed by atoms with Crippen LogP contribution in [-0.4, -0.2) is 36.1 Å². The van der Waals surface area contributed by atoms with Crippen molar-refractivity contribution in [1.29, 1.82) is 0 Å². The first-order chi connectivity index (χ1) is 11.6. The molecule has 0 spiro atoms. The highest BCUT2D eigenvalue weighted by molar-refractivity contribution is 5.74. The second-order valence-electron chi connectivity index (χ2n) is 5.74. The Balaban J connectivity index is 1.70. The Morgan fingerprint density at radius 2 is 2.00 bits per heavy atom. The number of carbonyl (C=O) groups excluding carboxylic acids is 1. The summed E-state index contributed by atoms with van der Waals surface area (Å²) in [6.07, 6.45) is 2.49. The van der Waals surface area contributed by atoms with Crippen molar-refractivity contribution in [2.24, 2.45) is 0 Å². The van der Waals surface area contributed by atoms with E-state index in [0.717, 1.165) is 23.4 Å². The predicted molar refractivity (Wildman–Crippen MR) is 95.1 cm³/mol. The lowest BCUT2D eigenvalue weighted by Crippen LogP contribution is -2.39. The minimum Gasteiger partial charge on any atom is -0.493 e. The molecule has 128 valence electrons. The van der Waals surface area contributed by atoms with E-state index >= 15 is 0 Å². The van der Waals surface area contributed by atoms with Gasteiger partial charge in [-0.2, -0.15) is 0 Å². The van der Waals surface area contributed by atoms with E-state index in [0.29, 0.717) is 13.2 Å². The molecule has 1 aromatic heterocycles. The molecule has 0 saturated carbocycles. The molecule has 2 aromatic rings. The van der Waals surface area contributed by atoms with Crippen molar-refractivity contribution in [3.05, 3.63) is 59.9 Å². The highest BCUT2D eigenvalue weighted by atomic mass is 16.5. The number of hydrogen-bond acceptors (Lipinski definition) is 3. The Hall–Kier alpha value is -2.56. The van der Waals surface area contributed by atoms with Crippen molar-refractivity contribution in [2.45, 2.75) is 26.3 Å². The molecule has 1 heterocycles. The van der Waals surface area contributed by atoms with Crippen LogP contribution in [0.3, 0.4) is 0 Å². The van der Waals surface area contributed by atoms with Gasteiger partial charge in [-0.15, -0.1) is 0 Å². The zero-order valence-electron chi connectivity index (χ0n) is 14.5. The van der Waals surface area contributed by atoms with Crippen molar-refractivity contribution in [1.82, 2.24) is 15.2 Å². The number of para-hydroxylation sites is 1. The normalized spacial score (nSPS) is 11.6. The molecule has 0 aliphatic carbocycles. The summed E-state index contributed by atoms with van der Waals surface area (Å²) in [6.45, 7) is 5.13. The lowest BCUT2D eigenvalue weighted by Gasteiger charge is -2.24. The average molecular weight is 327 g/mol. The van der Waals surface area contributed by atoms with Gasteiger partial charge in [-0.1, -0.05) is 24.3 Å². The molecular formula is C19H25N3O2. The van der Waals surface area contributed by atoms with Crippen LogP contribution in [0, 0.1) is 6.92 Å². The van der Waals surface area contributed by atoms with Gasteiger partial charge in [0.05, 0.1) is 18.3 Å². The van der Waals surface area contributed by atoms with Gasteiger partial charge in [0.1, 0.15) is 5.75 Å². The fourth-order valence-corrected chi connectivity index (χ4v) is 2.29. The monoisotopic (exact) mass is 327 g/mol. The number of amides is 2. The van der Waals surface area contributed by atoms with E-state index < -0.39 is 0 Å². The first-order valence-electron chi connectivity index (χ1n) is 8.19. The second kappa shape index (κ2) is 8.91. The number of rotatable bonds is 7. The summed E-state index contributed by atoms with van der Waals surface area (Å²) < 4.78 is 5.72. The van der Waals surface area contributed by atoms with Crippen molar-refractivity contribution in [3.8, 4) is 5.75 Å². The Bertz CT molecular complexity index is 646. The van der Waals surface area contributed by atoms with E-state index in [4.69, 9.17) is 4.74 Å². The van der Waals surface area contributed by atoms with Gasteiger partial charge in [-0.3, -0.25) is 4.98 Å². The lowest BCUT2D eigenvalue weighted by molar-refractivity contribution is 0.192. The molecular weight excluding hydrogens is 302 g/mol. The number of pyridine rings is 1. The van der Waals surface area contributed by atoms with Crippen molar-refractivity contribution < 1.29 is 9.53 Å². The topological polar surface area (TPSA) is 54.5 Å². The number of urea groups is 1. The summed E-state index contributed by atoms with van der Waals surface area (Å²) in [4.78, 5) is 18.1. The third kappa shape index (κ3) is 4.98. The molecule has 0 unspecified atom stereocenters. The maximum atomic E-state index is 12.2. The van der Waals surface area contributed by atoms with Gasteiger partial charge in [0.15, 0.2) is 0 Å². The van der Waals surface area contributed by atoms with Crippen LogP contribution in [0.4, 0.5) is 4.79 Å². The molecule has 2 amide bonds. The molecule has 0 saturated heterocycles. The predicted octanol–water partition coefficient (Wildman–Crippen LogP) is 3.56. The molecule has 2 rings (SSSR count). The number of nitrogens with zero attached hydrogens (tertiary/aromatic N) is 2. The first kappa shape index (κ1) is 17.8. The number of aromatic nitrogens is 1. The highest BCUT2D eigenvalue weighted by Gasteiger charge is 2.17. The molecule has 5 heteroatoms. The largest absolute Gasteiger partial charge is 0.493 e. The van der Waals surface area contributed by atoms with E-state index in [1.165, 1.54) is 0 Å². The molecule has 1 N–H and O–H groups in total. The third-order valence-electron chi connectivity index (χ3n) is 3.97. The third-order valence-corrected chi connectivity index (χ3v) is 3.97. The van der Waals surface area contributed by atoms with Gasteiger partial charge in [-0.05, 0) is 44.0 Å². The summed E-state index contributed by atoms with van der Waals surface area (Å²) in [5.74, 6) is 0.893. The summed E-state index contributed by atoms with van der Waals surface area (Å²) in [7, 11) is 1.78. The first-order valence-corrected chi connectivity index (χ1v) is 8.19. The number of benzene rings is 1. The van der Waals surface area contributed by atoms with Gasteiger partial charge in [0.2, 0.25) is 0 Å². The zero-order chi connectivity index (χ0) is 17.4. The minimum atomic E-state index is -0.107. The van der Waals surface area contributed by atoms with E-state index in [9.17, 15) is 4.79 Å². The average Bonchev–Trinajstić information content (AvgIpc) is 2.62. The van der Waals surface area contributed by atoms with Gasteiger partial charge in [0.25, 0.3) is 0 Å². The SMILES string of the molecule is Cc1ccccc1OCCCNC(=O)N(C)[C@H](C)c1ccccn1. The van der Waals surface area contributed by atoms with Crippen LogP contribution >= 0.6 is 0 Å². The van der Waals surface area contributed by atoms with E-state index in [1.54, 1.807) is 18.1 Å². The Morgan fingerprint density at radius 1 is 1.25 bits per heavy atom. The number of carbonyl (C=O) groups is 1.